The van der Waals surface area contributed by atoms with Crippen molar-refractivity contribution in [3.8, 4) is 0 Å². The molecule has 0 unspecified atom stereocenters. The van der Waals surface area contributed by atoms with Crippen LogP contribution in [0.5, 0.6) is 0 Å². The fourth-order valence-electron chi connectivity index (χ4n) is 3.13. The first kappa shape index (κ1) is 18.9. The molecule has 0 saturated heterocycles. The van der Waals surface area contributed by atoms with Gasteiger partial charge < -0.3 is 9.47 Å². The summed E-state index contributed by atoms with van der Waals surface area (Å²) in [5.74, 6) is 0.120. The van der Waals surface area contributed by atoms with Gasteiger partial charge in [-0.05, 0) is 34.2 Å². The number of carbonyl (C=O) groups excluding carboxylic acids is 1. The van der Waals surface area contributed by atoms with Gasteiger partial charge in [-0.25, -0.2) is 0 Å². The molecule has 3 rings (SSSR count). The first-order valence-electron chi connectivity index (χ1n) is 8.65. The van der Waals surface area contributed by atoms with E-state index < -0.39 is 0 Å². The quantitative estimate of drug-likeness (QED) is 0.522. The Labute approximate surface area is 168 Å². The summed E-state index contributed by atoms with van der Waals surface area (Å²) in [7, 11) is 5.72. The maximum atomic E-state index is 12.4. The number of carbonyl (C=O) groups is 1. The number of likely N-dealkylation sites (N-methyl/N-ethyl adjacent to an activating group) is 1. The number of rotatable bonds is 6. The van der Waals surface area contributed by atoms with Crippen molar-refractivity contribution in [1.82, 2.24) is 14.4 Å². The molecule has 1 heterocycles. The maximum Gasteiger partial charge on any atom is 0.236 e. The predicted molar refractivity (Wildman–Crippen MR) is 115 cm³/mol. The van der Waals surface area contributed by atoms with Crippen LogP contribution in [0.4, 0.5) is 0 Å². The van der Waals surface area contributed by atoms with E-state index in [0.29, 0.717) is 6.54 Å². The fourth-order valence-corrected chi connectivity index (χ4v) is 4.12. The van der Waals surface area contributed by atoms with Crippen molar-refractivity contribution in [3.05, 3.63) is 69.4 Å². The van der Waals surface area contributed by atoms with Crippen LogP contribution in [0.15, 0.2) is 54.6 Å². The zero-order valence-electron chi connectivity index (χ0n) is 15.4. The Kier molecular flexibility index (Phi) is 5.98. The number of aryl methyl sites for hydroxylation is 1. The number of amides is 1. The van der Waals surface area contributed by atoms with E-state index in [-0.39, 0.29) is 5.91 Å². The highest BCUT2D eigenvalue weighted by molar-refractivity contribution is 14.1. The van der Waals surface area contributed by atoms with E-state index in [2.05, 4.69) is 75.5 Å². The lowest BCUT2D eigenvalue weighted by molar-refractivity contribution is -0.130. The van der Waals surface area contributed by atoms with Crippen LogP contribution < -0.4 is 0 Å². The molecule has 0 bridgehead atoms. The zero-order chi connectivity index (χ0) is 18.7. The van der Waals surface area contributed by atoms with Crippen molar-refractivity contribution in [2.45, 2.75) is 13.1 Å². The van der Waals surface area contributed by atoms with Gasteiger partial charge in [-0.3, -0.25) is 9.69 Å². The molecule has 0 atom stereocenters. The van der Waals surface area contributed by atoms with Gasteiger partial charge in [0.15, 0.2) is 0 Å². The monoisotopic (exact) mass is 461 g/mol. The molecule has 0 saturated carbocycles. The van der Waals surface area contributed by atoms with Crippen molar-refractivity contribution >= 4 is 39.4 Å². The van der Waals surface area contributed by atoms with Crippen LogP contribution in [-0.2, 0) is 24.9 Å². The highest BCUT2D eigenvalue weighted by Gasteiger charge is 2.19. The van der Waals surface area contributed by atoms with E-state index in [9.17, 15) is 4.79 Å². The second kappa shape index (κ2) is 8.22. The Morgan fingerprint density at radius 1 is 1.00 bits per heavy atom. The second-order valence-electron chi connectivity index (χ2n) is 6.76. The van der Waals surface area contributed by atoms with Crippen molar-refractivity contribution in [2.24, 2.45) is 7.05 Å². The molecule has 0 N–H and O–H groups in total. The van der Waals surface area contributed by atoms with E-state index >= 15 is 0 Å². The van der Waals surface area contributed by atoms with Gasteiger partial charge in [-0.2, -0.15) is 0 Å². The lowest BCUT2D eigenvalue weighted by atomic mass is 10.2. The summed E-state index contributed by atoms with van der Waals surface area (Å²) in [5.41, 5.74) is 3.69. The molecule has 0 aliphatic rings. The van der Waals surface area contributed by atoms with Gasteiger partial charge in [-0.1, -0.05) is 48.5 Å². The number of benzene rings is 2. The predicted octanol–water partition coefficient (Wildman–Crippen LogP) is 3.87. The van der Waals surface area contributed by atoms with Crippen LogP contribution in [0.2, 0.25) is 0 Å². The number of aromatic nitrogens is 1. The van der Waals surface area contributed by atoms with Crippen LogP contribution in [0, 0.1) is 3.57 Å². The summed E-state index contributed by atoms with van der Waals surface area (Å²) in [4.78, 5) is 16.2. The SMILES string of the molecule is CN(C)C(=O)CN(Cc1ccccc1)Cc1c(I)c2ccccc2n1C. The van der Waals surface area contributed by atoms with E-state index in [1.165, 1.54) is 25.7 Å². The molecule has 1 amide bonds. The summed E-state index contributed by atoms with van der Waals surface area (Å²) in [6.45, 7) is 1.88. The normalized spacial score (nSPS) is 11.3. The van der Waals surface area contributed by atoms with Gasteiger partial charge in [0.05, 0.1) is 6.54 Å². The topological polar surface area (TPSA) is 28.5 Å². The Hall–Kier alpha value is -1.86. The third-order valence-corrected chi connectivity index (χ3v) is 5.84. The van der Waals surface area contributed by atoms with Crippen LogP contribution in [0.1, 0.15) is 11.3 Å². The van der Waals surface area contributed by atoms with Crippen molar-refractivity contribution in [1.29, 1.82) is 0 Å². The summed E-state index contributed by atoms with van der Waals surface area (Å²) in [6, 6.07) is 18.8. The summed E-state index contributed by atoms with van der Waals surface area (Å²) in [6.07, 6.45) is 0. The molecule has 136 valence electrons. The third-order valence-electron chi connectivity index (χ3n) is 4.64. The minimum Gasteiger partial charge on any atom is -0.348 e. The Morgan fingerprint density at radius 3 is 2.31 bits per heavy atom. The molecule has 0 spiro atoms. The first-order chi connectivity index (χ1) is 12.5. The minimum absolute atomic E-state index is 0.120. The second-order valence-corrected chi connectivity index (χ2v) is 7.83. The zero-order valence-corrected chi connectivity index (χ0v) is 17.6. The smallest absolute Gasteiger partial charge is 0.236 e. The average molecular weight is 461 g/mol. The molecule has 2 aromatic carbocycles. The number of hydrogen-bond donors (Lipinski definition) is 0. The number of fused-ring (bicyclic) bond motifs is 1. The van der Waals surface area contributed by atoms with E-state index in [1.54, 1.807) is 4.90 Å². The van der Waals surface area contributed by atoms with Gasteiger partial charge in [0.1, 0.15) is 0 Å². The van der Waals surface area contributed by atoms with E-state index in [0.717, 1.165) is 13.1 Å². The maximum absolute atomic E-state index is 12.4. The largest absolute Gasteiger partial charge is 0.348 e. The molecule has 26 heavy (non-hydrogen) atoms. The summed E-state index contributed by atoms with van der Waals surface area (Å²) in [5, 5.41) is 1.27. The molecule has 1 aromatic heterocycles. The van der Waals surface area contributed by atoms with Crippen molar-refractivity contribution < 1.29 is 4.79 Å². The fraction of sp³-hybridized carbons (Fsp3) is 0.286. The van der Waals surface area contributed by atoms with Gasteiger partial charge in [0, 0.05) is 54.4 Å². The molecule has 3 aromatic rings. The molecule has 5 heteroatoms. The Balaban J connectivity index is 1.91. The number of nitrogens with zero attached hydrogens (tertiary/aromatic N) is 3. The standard InChI is InChI=1S/C21H24IN3O/c1-23(2)20(26)15-25(13-16-9-5-4-6-10-16)14-19-21(22)17-11-7-8-12-18(17)24(19)3/h4-12H,13-15H2,1-3H3. The molecule has 4 nitrogen and oxygen atoms in total. The van der Waals surface area contributed by atoms with Gasteiger partial charge in [-0.15, -0.1) is 0 Å². The van der Waals surface area contributed by atoms with E-state index in [4.69, 9.17) is 0 Å². The van der Waals surface area contributed by atoms with Gasteiger partial charge >= 0.3 is 0 Å². The summed E-state index contributed by atoms with van der Waals surface area (Å²) >= 11 is 2.43. The molecule has 0 aliphatic heterocycles. The number of hydrogen-bond acceptors (Lipinski definition) is 2. The van der Waals surface area contributed by atoms with Crippen LogP contribution in [0.25, 0.3) is 10.9 Å². The molecular formula is C21H24IN3O. The van der Waals surface area contributed by atoms with Crippen LogP contribution in [-0.4, -0.2) is 40.9 Å². The minimum atomic E-state index is 0.120. The average Bonchev–Trinajstić information content (AvgIpc) is 2.87. The highest BCUT2D eigenvalue weighted by atomic mass is 127. The molecule has 0 fully saturated rings. The first-order valence-corrected chi connectivity index (χ1v) is 9.73. The highest BCUT2D eigenvalue weighted by Crippen LogP contribution is 2.28. The van der Waals surface area contributed by atoms with Crippen molar-refractivity contribution in [3.63, 3.8) is 0 Å². The Morgan fingerprint density at radius 2 is 1.65 bits per heavy atom. The molecule has 0 aliphatic carbocycles. The summed E-state index contributed by atoms with van der Waals surface area (Å²) < 4.78 is 3.51. The third kappa shape index (κ3) is 4.10. The number of halogens is 1. The molecule has 0 radical (unpaired) electrons. The van der Waals surface area contributed by atoms with Crippen molar-refractivity contribution in [2.75, 3.05) is 20.6 Å². The van der Waals surface area contributed by atoms with Gasteiger partial charge in [0.25, 0.3) is 0 Å². The Bertz CT molecular complexity index is 863. The van der Waals surface area contributed by atoms with Crippen LogP contribution in [0.3, 0.4) is 0 Å². The number of para-hydroxylation sites is 1. The van der Waals surface area contributed by atoms with Gasteiger partial charge in [0.2, 0.25) is 5.91 Å². The lowest BCUT2D eigenvalue weighted by Gasteiger charge is -2.24. The lowest BCUT2D eigenvalue weighted by Crippen LogP contribution is -2.36. The molecular weight excluding hydrogens is 437 g/mol. The van der Waals surface area contributed by atoms with Crippen LogP contribution >= 0.6 is 22.6 Å². The van der Waals surface area contributed by atoms with E-state index in [1.807, 2.05) is 32.3 Å².